The van der Waals surface area contributed by atoms with E-state index in [0.717, 1.165) is 44.1 Å². The van der Waals surface area contributed by atoms with Crippen LogP contribution in [0.5, 0.6) is 5.75 Å². The Labute approximate surface area is 119 Å². The first-order valence-corrected chi connectivity index (χ1v) is 7.14. The molecule has 0 heterocycles. The van der Waals surface area contributed by atoms with E-state index >= 15 is 0 Å². The first-order chi connectivity index (χ1) is 9.63. The molecule has 0 saturated heterocycles. The molecule has 0 aromatic heterocycles. The van der Waals surface area contributed by atoms with E-state index in [0.29, 0.717) is 0 Å². The molecule has 0 spiro atoms. The SMILES string of the molecule is N#CC1(NC(=O)Cc2cccc(O)c2)CCCCCC1. The lowest BCUT2D eigenvalue weighted by Crippen LogP contribution is -2.47. The number of amides is 1. The van der Waals surface area contributed by atoms with Gasteiger partial charge in [0.1, 0.15) is 11.3 Å². The molecule has 1 saturated carbocycles. The number of nitrogens with zero attached hydrogens (tertiary/aromatic N) is 1. The van der Waals surface area contributed by atoms with Gasteiger partial charge in [-0.05, 0) is 30.5 Å². The maximum absolute atomic E-state index is 12.1. The zero-order chi connectivity index (χ0) is 14.4. The third kappa shape index (κ3) is 3.74. The van der Waals surface area contributed by atoms with Gasteiger partial charge in [0.05, 0.1) is 12.5 Å². The van der Waals surface area contributed by atoms with E-state index in [1.54, 1.807) is 24.3 Å². The van der Waals surface area contributed by atoms with Crippen LogP contribution in [0.3, 0.4) is 0 Å². The summed E-state index contributed by atoms with van der Waals surface area (Å²) in [5.41, 5.74) is 0.0499. The number of aromatic hydroxyl groups is 1. The van der Waals surface area contributed by atoms with Crippen LogP contribution in [0.25, 0.3) is 0 Å². The van der Waals surface area contributed by atoms with Gasteiger partial charge >= 0.3 is 0 Å². The zero-order valence-electron chi connectivity index (χ0n) is 11.6. The summed E-state index contributed by atoms with van der Waals surface area (Å²) in [6.07, 6.45) is 5.89. The van der Waals surface area contributed by atoms with Crippen molar-refractivity contribution in [1.82, 2.24) is 5.32 Å². The van der Waals surface area contributed by atoms with Crippen LogP contribution in [0.2, 0.25) is 0 Å². The summed E-state index contributed by atoms with van der Waals surface area (Å²) in [7, 11) is 0. The molecular weight excluding hydrogens is 252 g/mol. The molecule has 1 aliphatic carbocycles. The van der Waals surface area contributed by atoms with E-state index in [1.807, 2.05) is 0 Å². The van der Waals surface area contributed by atoms with Crippen molar-refractivity contribution in [2.24, 2.45) is 0 Å². The number of hydrogen-bond acceptors (Lipinski definition) is 3. The van der Waals surface area contributed by atoms with Crippen molar-refractivity contribution < 1.29 is 9.90 Å². The largest absolute Gasteiger partial charge is 0.508 e. The second kappa shape index (κ2) is 6.42. The van der Waals surface area contributed by atoms with Crippen LogP contribution in [-0.4, -0.2) is 16.6 Å². The van der Waals surface area contributed by atoms with Crippen molar-refractivity contribution in [3.8, 4) is 11.8 Å². The number of carbonyl (C=O) groups excluding carboxylic acids is 1. The highest BCUT2D eigenvalue weighted by molar-refractivity contribution is 5.79. The fourth-order valence-electron chi connectivity index (χ4n) is 2.76. The van der Waals surface area contributed by atoms with E-state index in [2.05, 4.69) is 11.4 Å². The molecule has 2 N–H and O–H groups in total. The van der Waals surface area contributed by atoms with Crippen molar-refractivity contribution in [3.63, 3.8) is 0 Å². The van der Waals surface area contributed by atoms with Gasteiger partial charge in [0.25, 0.3) is 0 Å². The molecule has 20 heavy (non-hydrogen) atoms. The first kappa shape index (κ1) is 14.4. The summed E-state index contributed by atoms with van der Waals surface area (Å²) in [6, 6.07) is 8.96. The molecule has 1 aliphatic rings. The fraction of sp³-hybridized carbons (Fsp3) is 0.500. The molecule has 1 aromatic rings. The Morgan fingerprint density at radius 3 is 2.60 bits per heavy atom. The average molecular weight is 272 g/mol. The monoisotopic (exact) mass is 272 g/mol. The van der Waals surface area contributed by atoms with E-state index in [9.17, 15) is 15.2 Å². The van der Waals surface area contributed by atoms with Crippen LogP contribution < -0.4 is 5.32 Å². The first-order valence-electron chi connectivity index (χ1n) is 7.14. The topological polar surface area (TPSA) is 73.1 Å². The maximum Gasteiger partial charge on any atom is 0.225 e. The Balaban J connectivity index is 2.00. The minimum Gasteiger partial charge on any atom is -0.508 e. The summed E-state index contributed by atoms with van der Waals surface area (Å²) in [5, 5.41) is 21.7. The van der Waals surface area contributed by atoms with Gasteiger partial charge in [-0.3, -0.25) is 4.79 Å². The zero-order valence-corrected chi connectivity index (χ0v) is 11.6. The Bertz CT molecular complexity index is 511. The summed E-state index contributed by atoms with van der Waals surface area (Å²) in [4.78, 5) is 12.1. The highest BCUT2D eigenvalue weighted by Gasteiger charge is 2.32. The van der Waals surface area contributed by atoms with Crippen LogP contribution in [-0.2, 0) is 11.2 Å². The van der Waals surface area contributed by atoms with Crippen LogP contribution in [0.1, 0.15) is 44.1 Å². The third-order valence-electron chi connectivity index (χ3n) is 3.83. The maximum atomic E-state index is 12.1. The van der Waals surface area contributed by atoms with Crippen molar-refractivity contribution in [2.75, 3.05) is 0 Å². The fourth-order valence-corrected chi connectivity index (χ4v) is 2.76. The number of nitrogens with one attached hydrogen (secondary N) is 1. The van der Waals surface area contributed by atoms with Crippen molar-refractivity contribution in [3.05, 3.63) is 29.8 Å². The van der Waals surface area contributed by atoms with E-state index < -0.39 is 5.54 Å². The van der Waals surface area contributed by atoms with Gasteiger partial charge in [0.15, 0.2) is 0 Å². The molecule has 1 amide bonds. The van der Waals surface area contributed by atoms with Crippen LogP contribution >= 0.6 is 0 Å². The molecule has 106 valence electrons. The standard InChI is InChI=1S/C16H20N2O2/c17-12-16(8-3-1-2-4-9-16)18-15(20)11-13-6-5-7-14(19)10-13/h5-7,10,19H,1-4,8-9,11H2,(H,18,20). The molecule has 0 bridgehead atoms. The number of rotatable bonds is 3. The van der Waals surface area contributed by atoms with E-state index in [1.165, 1.54) is 0 Å². The molecule has 0 radical (unpaired) electrons. The Kier molecular flexibility index (Phi) is 4.62. The highest BCUT2D eigenvalue weighted by atomic mass is 16.3. The summed E-state index contributed by atoms with van der Waals surface area (Å²) < 4.78 is 0. The summed E-state index contributed by atoms with van der Waals surface area (Å²) in [5.74, 6) is -0.00110. The van der Waals surface area contributed by atoms with E-state index in [-0.39, 0.29) is 18.1 Å². The van der Waals surface area contributed by atoms with Gasteiger partial charge in [-0.1, -0.05) is 37.8 Å². The highest BCUT2D eigenvalue weighted by Crippen LogP contribution is 2.26. The molecular formula is C16H20N2O2. The van der Waals surface area contributed by atoms with E-state index in [4.69, 9.17) is 0 Å². The minimum absolute atomic E-state index is 0.153. The molecule has 4 heteroatoms. The van der Waals surface area contributed by atoms with Gasteiger partial charge in [-0.25, -0.2) is 0 Å². The second-order valence-corrected chi connectivity index (χ2v) is 5.50. The molecule has 4 nitrogen and oxygen atoms in total. The number of nitriles is 1. The Hall–Kier alpha value is -2.02. The van der Waals surface area contributed by atoms with Crippen molar-refractivity contribution >= 4 is 5.91 Å². The van der Waals surface area contributed by atoms with Gasteiger partial charge in [0, 0.05) is 0 Å². The van der Waals surface area contributed by atoms with Gasteiger partial charge in [-0.2, -0.15) is 5.26 Å². The predicted octanol–water partition coefficient (Wildman–Crippen LogP) is 2.67. The third-order valence-corrected chi connectivity index (χ3v) is 3.83. The molecule has 1 fully saturated rings. The minimum atomic E-state index is -0.704. The number of phenols is 1. The van der Waals surface area contributed by atoms with Crippen molar-refractivity contribution in [1.29, 1.82) is 5.26 Å². The molecule has 0 atom stereocenters. The smallest absolute Gasteiger partial charge is 0.225 e. The molecule has 1 aromatic carbocycles. The second-order valence-electron chi connectivity index (χ2n) is 5.50. The number of benzene rings is 1. The molecule has 0 unspecified atom stereocenters. The number of hydrogen-bond donors (Lipinski definition) is 2. The van der Waals surface area contributed by atoms with Crippen LogP contribution in [0.4, 0.5) is 0 Å². The number of carbonyl (C=O) groups is 1. The molecule has 2 rings (SSSR count). The normalized spacial score (nSPS) is 17.8. The Morgan fingerprint density at radius 2 is 2.00 bits per heavy atom. The summed E-state index contributed by atoms with van der Waals surface area (Å²) in [6.45, 7) is 0. The van der Waals surface area contributed by atoms with Crippen LogP contribution in [0, 0.1) is 11.3 Å². The van der Waals surface area contributed by atoms with Crippen molar-refractivity contribution in [2.45, 2.75) is 50.5 Å². The lowest BCUT2D eigenvalue weighted by Gasteiger charge is -2.26. The predicted molar refractivity (Wildman–Crippen MR) is 76.0 cm³/mol. The average Bonchev–Trinajstić information content (AvgIpc) is 2.65. The lowest BCUT2D eigenvalue weighted by atomic mass is 9.91. The summed E-state index contributed by atoms with van der Waals surface area (Å²) >= 11 is 0. The van der Waals surface area contributed by atoms with Gasteiger partial charge in [0.2, 0.25) is 5.91 Å². The van der Waals surface area contributed by atoms with Gasteiger partial charge < -0.3 is 10.4 Å². The van der Waals surface area contributed by atoms with Gasteiger partial charge in [-0.15, -0.1) is 0 Å². The Morgan fingerprint density at radius 1 is 1.30 bits per heavy atom. The number of phenolic OH excluding ortho intramolecular Hbond substituents is 1. The molecule has 0 aliphatic heterocycles. The van der Waals surface area contributed by atoms with Crippen LogP contribution in [0.15, 0.2) is 24.3 Å². The quantitative estimate of drug-likeness (QED) is 0.831. The lowest BCUT2D eigenvalue weighted by molar-refractivity contribution is -0.121.